The molecule has 0 atom stereocenters. The molecule has 0 aliphatic carbocycles. The Morgan fingerprint density at radius 3 is 2.59 bits per heavy atom. The summed E-state index contributed by atoms with van der Waals surface area (Å²) in [5.41, 5.74) is 4.16. The molecule has 5 heteroatoms. The first-order chi connectivity index (χ1) is 13.0. The van der Waals surface area contributed by atoms with Gasteiger partial charge in [0.25, 0.3) is 5.91 Å². The predicted octanol–water partition coefficient (Wildman–Crippen LogP) is 2.90. The van der Waals surface area contributed by atoms with E-state index in [4.69, 9.17) is 4.74 Å². The lowest BCUT2D eigenvalue weighted by molar-refractivity contribution is 0.0511. The lowest BCUT2D eigenvalue weighted by atomic mass is 9.79. The molecule has 1 aromatic carbocycles. The number of nitrogens with one attached hydrogen (secondary N) is 2. The minimum Gasteiger partial charge on any atom is -0.384 e. The summed E-state index contributed by atoms with van der Waals surface area (Å²) in [6.45, 7) is 8.17. The van der Waals surface area contributed by atoms with Gasteiger partial charge in [-0.05, 0) is 51.4 Å². The van der Waals surface area contributed by atoms with Crippen LogP contribution in [0.15, 0.2) is 36.4 Å². The molecular formula is C22H31N3O2. The molecule has 0 spiro atoms. The molecule has 1 aliphatic heterocycles. The minimum atomic E-state index is 0.0106. The van der Waals surface area contributed by atoms with E-state index >= 15 is 0 Å². The molecule has 2 aromatic rings. The van der Waals surface area contributed by atoms with E-state index in [0.717, 1.165) is 49.4 Å². The molecule has 1 amide bonds. The number of aryl methyl sites for hydroxylation is 1. The second-order valence-electron chi connectivity index (χ2n) is 7.72. The molecule has 0 unspecified atom stereocenters. The van der Waals surface area contributed by atoms with Gasteiger partial charge in [-0.2, -0.15) is 0 Å². The van der Waals surface area contributed by atoms with Crippen molar-refractivity contribution in [2.24, 2.45) is 5.41 Å². The fourth-order valence-corrected chi connectivity index (χ4v) is 4.04. The number of hydrogen-bond donors (Lipinski definition) is 2. The van der Waals surface area contributed by atoms with Crippen LogP contribution in [0.2, 0.25) is 0 Å². The van der Waals surface area contributed by atoms with Crippen molar-refractivity contribution in [1.82, 2.24) is 15.2 Å². The van der Waals surface area contributed by atoms with Crippen LogP contribution >= 0.6 is 0 Å². The highest BCUT2D eigenvalue weighted by molar-refractivity contribution is 5.95. The van der Waals surface area contributed by atoms with Crippen LogP contribution in [0, 0.1) is 19.3 Å². The van der Waals surface area contributed by atoms with E-state index in [-0.39, 0.29) is 11.3 Å². The number of rotatable bonds is 7. The molecule has 1 aliphatic rings. The Bertz CT molecular complexity index is 756. The zero-order valence-electron chi connectivity index (χ0n) is 16.7. The van der Waals surface area contributed by atoms with Crippen molar-refractivity contribution in [2.45, 2.75) is 33.2 Å². The monoisotopic (exact) mass is 369 g/mol. The van der Waals surface area contributed by atoms with E-state index in [1.165, 1.54) is 5.56 Å². The van der Waals surface area contributed by atoms with E-state index in [9.17, 15) is 4.79 Å². The topological polar surface area (TPSA) is 55.3 Å². The highest BCUT2D eigenvalue weighted by Gasteiger charge is 2.32. The Labute approximate surface area is 162 Å². The van der Waals surface area contributed by atoms with Gasteiger partial charge in [0.2, 0.25) is 0 Å². The first-order valence-electron chi connectivity index (χ1n) is 9.73. The molecule has 3 rings (SSSR count). The summed E-state index contributed by atoms with van der Waals surface area (Å²) in [5.74, 6) is 0.0106. The summed E-state index contributed by atoms with van der Waals surface area (Å²) in [4.78, 5) is 12.9. The molecule has 1 saturated heterocycles. The van der Waals surface area contributed by atoms with Gasteiger partial charge < -0.3 is 19.9 Å². The van der Waals surface area contributed by atoms with E-state index in [1.807, 2.05) is 31.2 Å². The largest absolute Gasteiger partial charge is 0.384 e. The van der Waals surface area contributed by atoms with Crippen molar-refractivity contribution in [1.29, 1.82) is 0 Å². The Balaban J connectivity index is 1.70. The summed E-state index contributed by atoms with van der Waals surface area (Å²) < 4.78 is 7.66. The number of carbonyl (C=O) groups is 1. The fourth-order valence-electron chi connectivity index (χ4n) is 4.04. The van der Waals surface area contributed by atoms with Crippen molar-refractivity contribution >= 4 is 5.91 Å². The Morgan fingerprint density at radius 1 is 1.22 bits per heavy atom. The molecule has 2 heterocycles. The van der Waals surface area contributed by atoms with Gasteiger partial charge in [-0.3, -0.25) is 4.79 Å². The van der Waals surface area contributed by atoms with Crippen LogP contribution < -0.4 is 10.6 Å². The number of ether oxygens (including phenoxy) is 1. The lowest BCUT2D eigenvalue weighted by Gasteiger charge is -2.37. The number of amides is 1. The average Bonchev–Trinajstić information content (AvgIpc) is 2.96. The van der Waals surface area contributed by atoms with Crippen LogP contribution in [-0.2, 0) is 11.3 Å². The van der Waals surface area contributed by atoms with Gasteiger partial charge in [-0.15, -0.1) is 0 Å². The molecule has 0 bridgehead atoms. The number of aromatic nitrogens is 1. The van der Waals surface area contributed by atoms with E-state index in [1.54, 1.807) is 7.11 Å². The Morgan fingerprint density at radius 2 is 1.93 bits per heavy atom. The first kappa shape index (κ1) is 19.6. The summed E-state index contributed by atoms with van der Waals surface area (Å²) in [7, 11) is 1.74. The minimum absolute atomic E-state index is 0.0106. The van der Waals surface area contributed by atoms with Crippen molar-refractivity contribution < 1.29 is 9.53 Å². The first-order valence-corrected chi connectivity index (χ1v) is 9.73. The molecule has 5 nitrogen and oxygen atoms in total. The molecule has 27 heavy (non-hydrogen) atoms. The van der Waals surface area contributed by atoms with E-state index in [2.05, 4.69) is 34.3 Å². The van der Waals surface area contributed by atoms with Crippen LogP contribution in [0.25, 0.3) is 0 Å². The normalized spacial score (nSPS) is 16.3. The number of carbonyl (C=O) groups excluding carboxylic acids is 1. The van der Waals surface area contributed by atoms with Gasteiger partial charge in [0, 0.05) is 37.0 Å². The van der Waals surface area contributed by atoms with Crippen molar-refractivity contribution in [3.05, 3.63) is 58.9 Å². The van der Waals surface area contributed by atoms with Crippen molar-refractivity contribution in [2.75, 3.05) is 33.4 Å². The number of piperidine rings is 1. The number of hydrogen-bond acceptors (Lipinski definition) is 3. The van der Waals surface area contributed by atoms with Crippen LogP contribution in [0.1, 0.15) is 40.2 Å². The SMILES string of the molecule is COCC1(CNC(=O)c2cc(C)n(Cc3ccccc3)c2C)CCNCC1. The highest BCUT2D eigenvalue weighted by atomic mass is 16.5. The van der Waals surface area contributed by atoms with E-state index in [0.29, 0.717) is 13.2 Å². The van der Waals surface area contributed by atoms with Gasteiger partial charge in [-0.25, -0.2) is 0 Å². The quantitative estimate of drug-likeness (QED) is 0.789. The van der Waals surface area contributed by atoms with Gasteiger partial charge in [0.05, 0.1) is 12.2 Å². The second kappa shape index (κ2) is 8.72. The molecule has 1 fully saturated rings. The average molecular weight is 370 g/mol. The molecule has 146 valence electrons. The predicted molar refractivity (Wildman–Crippen MR) is 108 cm³/mol. The maximum Gasteiger partial charge on any atom is 0.253 e. The molecule has 0 saturated carbocycles. The van der Waals surface area contributed by atoms with Crippen LogP contribution in [0.5, 0.6) is 0 Å². The summed E-state index contributed by atoms with van der Waals surface area (Å²) >= 11 is 0. The fraction of sp³-hybridized carbons (Fsp3) is 0.500. The van der Waals surface area contributed by atoms with Crippen LogP contribution in [0.3, 0.4) is 0 Å². The smallest absolute Gasteiger partial charge is 0.253 e. The van der Waals surface area contributed by atoms with Crippen molar-refractivity contribution in [3.63, 3.8) is 0 Å². The number of benzene rings is 1. The van der Waals surface area contributed by atoms with E-state index < -0.39 is 0 Å². The van der Waals surface area contributed by atoms with Gasteiger partial charge in [-0.1, -0.05) is 30.3 Å². The number of methoxy groups -OCH3 is 1. The van der Waals surface area contributed by atoms with Gasteiger partial charge in [0.15, 0.2) is 0 Å². The molecular weight excluding hydrogens is 338 g/mol. The molecule has 0 radical (unpaired) electrons. The maximum atomic E-state index is 12.9. The summed E-state index contributed by atoms with van der Waals surface area (Å²) in [5, 5.41) is 6.57. The molecule has 2 N–H and O–H groups in total. The Hall–Kier alpha value is -2.11. The third-order valence-corrected chi connectivity index (χ3v) is 5.74. The Kier molecular flexibility index (Phi) is 6.34. The summed E-state index contributed by atoms with van der Waals surface area (Å²) in [6, 6.07) is 12.3. The number of nitrogens with zero attached hydrogens (tertiary/aromatic N) is 1. The molecule has 1 aromatic heterocycles. The van der Waals surface area contributed by atoms with Gasteiger partial charge in [0.1, 0.15) is 0 Å². The third kappa shape index (κ3) is 4.60. The van der Waals surface area contributed by atoms with Crippen LogP contribution in [0.4, 0.5) is 0 Å². The maximum absolute atomic E-state index is 12.9. The lowest BCUT2D eigenvalue weighted by Crippen LogP contribution is -2.47. The van der Waals surface area contributed by atoms with Gasteiger partial charge >= 0.3 is 0 Å². The van der Waals surface area contributed by atoms with Crippen LogP contribution in [-0.4, -0.2) is 43.8 Å². The second-order valence-corrected chi connectivity index (χ2v) is 7.72. The zero-order chi connectivity index (χ0) is 19.3. The zero-order valence-corrected chi connectivity index (χ0v) is 16.7. The standard InChI is InChI=1S/C22H31N3O2/c1-17-13-20(18(2)25(17)14-19-7-5-4-6-8-19)21(26)24-15-22(16-27-3)9-11-23-12-10-22/h4-8,13,23H,9-12,14-16H2,1-3H3,(H,24,26). The third-order valence-electron chi connectivity index (χ3n) is 5.74. The summed E-state index contributed by atoms with van der Waals surface area (Å²) in [6.07, 6.45) is 2.04. The van der Waals surface area contributed by atoms with Crippen molar-refractivity contribution in [3.8, 4) is 0 Å². The highest BCUT2D eigenvalue weighted by Crippen LogP contribution is 2.28.